The Morgan fingerprint density at radius 1 is 1.17 bits per heavy atom. The molecule has 0 saturated carbocycles. The standard InChI is InChI=1S/C24H31F2N3S/c1-3-16-7-8-18-5-4-6-23(21(18)11-16)28-14-22(27)24(29-15(2)30)12-17-9-19(25)13-20(26)10-17/h7-11,13,22-24,28H,3-6,12,14,27H2,1-2H3,(H,29,30)/t22-,23-,24?/m1/s1. The topological polar surface area (TPSA) is 50.1 Å². The van der Waals surface area contributed by atoms with Crippen LogP contribution in [0.1, 0.15) is 55.0 Å². The molecule has 1 aliphatic carbocycles. The van der Waals surface area contributed by atoms with E-state index in [1.165, 1.54) is 28.8 Å². The highest BCUT2D eigenvalue weighted by atomic mass is 32.1. The van der Waals surface area contributed by atoms with Crippen molar-refractivity contribution in [2.75, 3.05) is 6.54 Å². The smallest absolute Gasteiger partial charge is 0.126 e. The van der Waals surface area contributed by atoms with Crippen molar-refractivity contribution in [2.45, 2.75) is 64.1 Å². The lowest BCUT2D eigenvalue weighted by molar-refractivity contribution is 0.398. The number of hydrogen-bond donors (Lipinski definition) is 3. The van der Waals surface area contributed by atoms with Crippen LogP contribution in [-0.4, -0.2) is 23.6 Å². The molecule has 4 N–H and O–H groups in total. The zero-order chi connectivity index (χ0) is 21.7. The van der Waals surface area contributed by atoms with Gasteiger partial charge in [-0.05, 0) is 73.4 Å². The van der Waals surface area contributed by atoms with Gasteiger partial charge in [0.1, 0.15) is 11.6 Å². The van der Waals surface area contributed by atoms with Gasteiger partial charge in [-0.25, -0.2) is 8.78 Å². The lowest BCUT2D eigenvalue weighted by atomic mass is 9.86. The molecular weight excluding hydrogens is 400 g/mol. The largest absolute Gasteiger partial charge is 0.375 e. The molecule has 0 fully saturated rings. The van der Waals surface area contributed by atoms with Crippen LogP contribution in [0.15, 0.2) is 36.4 Å². The minimum atomic E-state index is -0.583. The summed E-state index contributed by atoms with van der Waals surface area (Å²) in [5.74, 6) is -1.17. The molecular formula is C24H31F2N3S. The van der Waals surface area contributed by atoms with Gasteiger partial charge in [0.05, 0.1) is 4.99 Å². The summed E-state index contributed by atoms with van der Waals surface area (Å²) in [7, 11) is 0. The molecule has 0 bridgehead atoms. The first-order valence-electron chi connectivity index (χ1n) is 10.7. The van der Waals surface area contributed by atoms with Crippen molar-refractivity contribution < 1.29 is 8.78 Å². The van der Waals surface area contributed by atoms with Crippen LogP contribution in [0.2, 0.25) is 0 Å². The van der Waals surface area contributed by atoms with Gasteiger partial charge in [0.25, 0.3) is 0 Å². The molecule has 2 aromatic carbocycles. The highest BCUT2D eigenvalue weighted by Gasteiger charge is 2.24. The van der Waals surface area contributed by atoms with Crippen molar-refractivity contribution in [1.82, 2.24) is 10.6 Å². The van der Waals surface area contributed by atoms with Crippen LogP contribution in [0.5, 0.6) is 0 Å². The van der Waals surface area contributed by atoms with Crippen molar-refractivity contribution in [3.63, 3.8) is 0 Å². The second kappa shape index (κ2) is 10.4. The minimum Gasteiger partial charge on any atom is -0.375 e. The first-order valence-corrected chi connectivity index (χ1v) is 11.1. The maximum absolute atomic E-state index is 13.6. The molecule has 2 aromatic rings. The molecule has 0 aliphatic heterocycles. The number of nitrogens with two attached hydrogens (primary N) is 1. The average Bonchev–Trinajstić information content (AvgIpc) is 2.70. The summed E-state index contributed by atoms with van der Waals surface area (Å²) in [4.78, 5) is 0.614. The normalized spacial score (nSPS) is 17.8. The third-order valence-electron chi connectivity index (χ3n) is 5.82. The lowest BCUT2D eigenvalue weighted by Gasteiger charge is -2.31. The Morgan fingerprint density at radius 2 is 1.90 bits per heavy atom. The van der Waals surface area contributed by atoms with Crippen molar-refractivity contribution in [2.24, 2.45) is 5.73 Å². The Bertz CT molecular complexity index is 866. The summed E-state index contributed by atoms with van der Waals surface area (Å²) in [6.45, 7) is 4.54. The SMILES string of the molecule is CCc1ccc2c(c1)[C@H](NC[C@@H](N)C(Cc1cc(F)cc(F)c1)NC(C)=S)CCC2. The van der Waals surface area contributed by atoms with Crippen molar-refractivity contribution >= 4 is 17.2 Å². The Morgan fingerprint density at radius 3 is 2.57 bits per heavy atom. The molecule has 30 heavy (non-hydrogen) atoms. The molecule has 3 rings (SSSR count). The van der Waals surface area contributed by atoms with Gasteiger partial charge in [0.2, 0.25) is 0 Å². The summed E-state index contributed by atoms with van der Waals surface area (Å²) < 4.78 is 27.2. The summed E-state index contributed by atoms with van der Waals surface area (Å²) in [6.07, 6.45) is 4.75. The van der Waals surface area contributed by atoms with E-state index in [4.69, 9.17) is 18.0 Å². The number of hydrogen-bond acceptors (Lipinski definition) is 3. The average molecular weight is 432 g/mol. The molecule has 1 aliphatic rings. The monoisotopic (exact) mass is 431 g/mol. The van der Waals surface area contributed by atoms with Gasteiger partial charge in [0, 0.05) is 30.7 Å². The quantitative estimate of drug-likeness (QED) is 0.543. The molecule has 0 heterocycles. The van der Waals surface area contributed by atoms with Gasteiger partial charge in [-0.2, -0.15) is 0 Å². The van der Waals surface area contributed by atoms with E-state index in [1.807, 2.05) is 0 Å². The van der Waals surface area contributed by atoms with Crippen LogP contribution < -0.4 is 16.4 Å². The zero-order valence-corrected chi connectivity index (χ0v) is 18.5. The predicted octanol–water partition coefficient (Wildman–Crippen LogP) is 4.37. The van der Waals surface area contributed by atoms with E-state index in [0.29, 0.717) is 23.5 Å². The fraction of sp³-hybridized carbons (Fsp3) is 0.458. The Labute approximate surface area is 183 Å². The first-order chi connectivity index (χ1) is 14.4. The lowest BCUT2D eigenvalue weighted by Crippen LogP contribution is -2.53. The van der Waals surface area contributed by atoms with Gasteiger partial charge < -0.3 is 16.4 Å². The fourth-order valence-electron chi connectivity index (χ4n) is 4.25. The third-order valence-corrected chi connectivity index (χ3v) is 5.93. The molecule has 0 radical (unpaired) electrons. The van der Waals surface area contributed by atoms with Crippen molar-refractivity contribution in [1.29, 1.82) is 0 Å². The van der Waals surface area contributed by atoms with E-state index in [-0.39, 0.29) is 18.1 Å². The van der Waals surface area contributed by atoms with Crippen molar-refractivity contribution in [3.8, 4) is 0 Å². The molecule has 3 atom stereocenters. The van der Waals surface area contributed by atoms with Gasteiger partial charge in [-0.3, -0.25) is 0 Å². The molecule has 0 aromatic heterocycles. The second-order valence-electron chi connectivity index (χ2n) is 8.19. The fourth-order valence-corrected chi connectivity index (χ4v) is 4.41. The second-order valence-corrected chi connectivity index (χ2v) is 8.80. The van der Waals surface area contributed by atoms with E-state index >= 15 is 0 Å². The number of thiocarbonyl (C=S) groups is 1. The summed E-state index contributed by atoms with van der Waals surface area (Å²) in [5, 5.41) is 6.85. The van der Waals surface area contributed by atoms with Gasteiger partial charge in [-0.1, -0.05) is 37.3 Å². The maximum Gasteiger partial charge on any atom is 0.126 e. The highest BCUT2D eigenvalue weighted by Crippen LogP contribution is 2.30. The molecule has 0 amide bonds. The van der Waals surface area contributed by atoms with Crippen LogP contribution in [0.25, 0.3) is 0 Å². The van der Waals surface area contributed by atoms with Crippen molar-refractivity contribution in [3.05, 3.63) is 70.3 Å². The number of fused-ring (bicyclic) bond motifs is 1. The van der Waals surface area contributed by atoms with Crippen LogP contribution in [0.3, 0.4) is 0 Å². The minimum absolute atomic E-state index is 0.221. The van der Waals surface area contributed by atoms with Gasteiger partial charge in [-0.15, -0.1) is 0 Å². The van der Waals surface area contributed by atoms with E-state index in [0.717, 1.165) is 31.7 Å². The van der Waals surface area contributed by atoms with Gasteiger partial charge >= 0.3 is 0 Å². The van der Waals surface area contributed by atoms with Crippen LogP contribution in [-0.2, 0) is 19.3 Å². The predicted molar refractivity (Wildman–Crippen MR) is 123 cm³/mol. The first kappa shape index (κ1) is 22.8. The number of aryl methyl sites for hydroxylation is 2. The summed E-state index contributed by atoms with van der Waals surface area (Å²) >= 11 is 5.21. The molecule has 162 valence electrons. The Kier molecular flexibility index (Phi) is 7.92. The molecule has 6 heteroatoms. The van der Waals surface area contributed by atoms with Crippen LogP contribution in [0.4, 0.5) is 8.78 Å². The van der Waals surface area contributed by atoms with E-state index in [2.05, 4.69) is 35.8 Å². The zero-order valence-electron chi connectivity index (χ0n) is 17.7. The van der Waals surface area contributed by atoms with Crippen LogP contribution >= 0.6 is 12.2 Å². The number of benzene rings is 2. The number of halogens is 2. The molecule has 3 nitrogen and oxygen atoms in total. The number of rotatable bonds is 8. The Hall–Kier alpha value is -1.89. The van der Waals surface area contributed by atoms with Crippen LogP contribution in [0, 0.1) is 11.6 Å². The maximum atomic E-state index is 13.6. The van der Waals surface area contributed by atoms with Gasteiger partial charge in [0.15, 0.2) is 0 Å². The summed E-state index contributed by atoms with van der Waals surface area (Å²) in [6, 6.07) is 10.1. The summed E-state index contributed by atoms with van der Waals surface area (Å²) in [5.41, 5.74) is 11.2. The third kappa shape index (κ3) is 6.06. The highest BCUT2D eigenvalue weighted by molar-refractivity contribution is 7.80. The van der Waals surface area contributed by atoms with E-state index in [1.54, 1.807) is 6.92 Å². The Balaban J connectivity index is 1.69. The van der Waals surface area contributed by atoms with E-state index in [9.17, 15) is 8.78 Å². The number of nitrogens with one attached hydrogen (secondary N) is 2. The molecule has 0 spiro atoms. The molecule has 1 unspecified atom stereocenters. The van der Waals surface area contributed by atoms with E-state index < -0.39 is 11.6 Å². The molecule has 0 saturated heterocycles.